The Labute approximate surface area is 231 Å². The van der Waals surface area contributed by atoms with Crippen LogP contribution in [0.25, 0.3) is 0 Å². The third-order valence-corrected chi connectivity index (χ3v) is 6.66. The average molecular weight is 539 g/mol. The number of likely N-dealkylation sites (N-methyl/N-ethyl adjacent to an activating group) is 1. The molecule has 0 amide bonds. The molecule has 0 saturated heterocycles. The summed E-state index contributed by atoms with van der Waals surface area (Å²) in [6, 6.07) is 21.7. The van der Waals surface area contributed by atoms with Crippen LogP contribution in [0.2, 0.25) is 0 Å². The minimum Gasteiger partial charge on any atom is -0.491 e. The molecular weight excluding hydrogens is 497 g/mol. The molecule has 0 bridgehead atoms. The van der Waals surface area contributed by atoms with Crippen molar-refractivity contribution >= 4 is 0 Å². The summed E-state index contributed by atoms with van der Waals surface area (Å²) in [6.45, 7) is 12.7. The van der Waals surface area contributed by atoms with Crippen molar-refractivity contribution in [2.24, 2.45) is 5.92 Å². The van der Waals surface area contributed by atoms with Crippen molar-refractivity contribution in [2.75, 3.05) is 7.05 Å². The first-order valence-electron chi connectivity index (χ1n) is 13.6. The van der Waals surface area contributed by atoms with Crippen LogP contribution >= 0.6 is 0 Å². The van der Waals surface area contributed by atoms with Crippen molar-refractivity contribution in [3.63, 3.8) is 0 Å². The van der Waals surface area contributed by atoms with E-state index in [2.05, 4.69) is 61.4 Å². The minimum absolute atomic E-state index is 0.0332. The van der Waals surface area contributed by atoms with Crippen LogP contribution in [-0.2, 0) is 19.0 Å². The predicted molar refractivity (Wildman–Crippen MR) is 154 cm³/mol. The molecule has 0 aliphatic heterocycles. The standard InChI is InChI=1S/C33H41F3N2O/c1-22(2)20-28-16-15-27(21-31(28)39-23(3)4)30(19-14-25-12-17-29(18-13-25)33(34,35)36)38-32(24(5)37-6)26-10-8-7-9-11-26/h7-13,15-18,21-23,30,32,37-38H,5,14,19-20H2,1-4,6H3/t30-,32+/m1/s1. The van der Waals surface area contributed by atoms with Gasteiger partial charge in [-0.15, -0.1) is 0 Å². The lowest BCUT2D eigenvalue weighted by atomic mass is 9.93. The van der Waals surface area contributed by atoms with Gasteiger partial charge in [0.2, 0.25) is 0 Å². The molecule has 3 aromatic carbocycles. The Bertz CT molecular complexity index is 1190. The van der Waals surface area contributed by atoms with E-state index in [4.69, 9.17) is 4.74 Å². The highest BCUT2D eigenvalue weighted by molar-refractivity contribution is 5.40. The van der Waals surface area contributed by atoms with Gasteiger partial charge in [-0.1, -0.05) is 75.0 Å². The first-order chi connectivity index (χ1) is 18.5. The van der Waals surface area contributed by atoms with Gasteiger partial charge in [-0.05, 0) is 79.5 Å². The van der Waals surface area contributed by atoms with Crippen LogP contribution in [0.15, 0.2) is 85.1 Å². The third kappa shape index (κ3) is 8.89. The van der Waals surface area contributed by atoms with Crippen molar-refractivity contribution in [3.8, 4) is 5.75 Å². The SMILES string of the molecule is C=C(NC)[C@H](N[C@H](CCc1ccc(C(F)(F)F)cc1)c1ccc(CC(C)C)c(OC(C)C)c1)c1ccccc1. The molecule has 3 aromatic rings. The van der Waals surface area contributed by atoms with E-state index in [0.717, 1.165) is 46.7 Å². The number of rotatable bonds is 13. The average Bonchev–Trinajstić information content (AvgIpc) is 2.89. The minimum atomic E-state index is -4.34. The van der Waals surface area contributed by atoms with Gasteiger partial charge in [0.1, 0.15) is 5.75 Å². The lowest BCUT2D eigenvalue weighted by molar-refractivity contribution is -0.137. The summed E-state index contributed by atoms with van der Waals surface area (Å²) in [5.41, 5.74) is 4.36. The zero-order valence-electron chi connectivity index (χ0n) is 23.6. The Kier molecular flexibility index (Phi) is 10.6. The van der Waals surface area contributed by atoms with Gasteiger partial charge in [0.15, 0.2) is 0 Å². The summed E-state index contributed by atoms with van der Waals surface area (Å²) in [6.07, 6.45) is -2.11. The molecule has 3 rings (SSSR count). The second-order valence-corrected chi connectivity index (χ2v) is 10.7. The predicted octanol–water partition coefficient (Wildman–Crippen LogP) is 8.43. The van der Waals surface area contributed by atoms with E-state index < -0.39 is 11.7 Å². The zero-order chi connectivity index (χ0) is 28.6. The molecule has 210 valence electrons. The van der Waals surface area contributed by atoms with Gasteiger partial charge >= 0.3 is 6.18 Å². The van der Waals surface area contributed by atoms with Crippen LogP contribution in [0, 0.1) is 5.92 Å². The molecule has 0 aliphatic rings. The fourth-order valence-corrected chi connectivity index (χ4v) is 4.67. The second-order valence-electron chi connectivity index (χ2n) is 10.7. The quantitative estimate of drug-likeness (QED) is 0.229. The van der Waals surface area contributed by atoms with E-state index in [-0.39, 0.29) is 18.2 Å². The smallest absolute Gasteiger partial charge is 0.416 e. The Morgan fingerprint density at radius 3 is 2.13 bits per heavy atom. The van der Waals surface area contributed by atoms with Gasteiger partial charge in [-0.2, -0.15) is 13.2 Å². The first-order valence-corrected chi connectivity index (χ1v) is 13.6. The molecule has 0 unspecified atom stereocenters. The molecule has 0 spiro atoms. The molecule has 0 saturated carbocycles. The number of hydrogen-bond acceptors (Lipinski definition) is 3. The lowest BCUT2D eigenvalue weighted by Gasteiger charge is -2.29. The van der Waals surface area contributed by atoms with E-state index in [1.54, 1.807) is 12.1 Å². The summed E-state index contributed by atoms with van der Waals surface area (Å²) in [4.78, 5) is 0. The Balaban J connectivity index is 1.97. The molecule has 2 N–H and O–H groups in total. The Morgan fingerprint density at radius 1 is 0.897 bits per heavy atom. The molecule has 39 heavy (non-hydrogen) atoms. The molecule has 0 fully saturated rings. The monoisotopic (exact) mass is 538 g/mol. The van der Waals surface area contributed by atoms with Crippen LogP contribution in [0.3, 0.4) is 0 Å². The Hall–Kier alpha value is -3.25. The van der Waals surface area contributed by atoms with E-state index >= 15 is 0 Å². The molecule has 6 heteroatoms. The van der Waals surface area contributed by atoms with Crippen molar-refractivity contribution < 1.29 is 17.9 Å². The normalized spacial score (nSPS) is 13.4. The lowest BCUT2D eigenvalue weighted by Crippen LogP contribution is -2.31. The first kappa shape index (κ1) is 30.3. The molecule has 0 heterocycles. The number of nitrogens with one attached hydrogen (secondary N) is 2. The maximum atomic E-state index is 13.1. The van der Waals surface area contributed by atoms with Gasteiger partial charge in [-0.3, -0.25) is 5.32 Å². The van der Waals surface area contributed by atoms with Gasteiger partial charge in [0.05, 0.1) is 17.7 Å². The maximum absolute atomic E-state index is 13.1. The van der Waals surface area contributed by atoms with Crippen LogP contribution in [0.1, 0.15) is 74.0 Å². The van der Waals surface area contributed by atoms with Crippen molar-refractivity contribution in [3.05, 3.63) is 113 Å². The number of benzene rings is 3. The molecular formula is C33H41F3N2O. The van der Waals surface area contributed by atoms with E-state index in [1.807, 2.05) is 39.1 Å². The molecule has 0 aliphatic carbocycles. The number of ether oxygens (including phenoxy) is 1. The van der Waals surface area contributed by atoms with E-state index in [1.165, 1.54) is 5.56 Å². The number of aryl methyl sites for hydroxylation is 1. The zero-order valence-corrected chi connectivity index (χ0v) is 23.6. The molecule has 0 radical (unpaired) electrons. The number of alkyl halides is 3. The summed E-state index contributed by atoms with van der Waals surface area (Å²) >= 11 is 0. The fourth-order valence-electron chi connectivity index (χ4n) is 4.67. The fraction of sp³-hybridized carbons (Fsp3) is 0.394. The highest BCUT2D eigenvalue weighted by Crippen LogP contribution is 2.33. The largest absolute Gasteiger partial charge is 0.491 e. The summed E-state index contributed by atoms with van der Waals surface area (Å²) in [7, 11) is 1.85. The third-order valence-electron chi connectivity index (χ3n) is 6.66. The number of halogens is 3. The second kappa shape index (κ2) is 13.7. The highest BCUT2D eigenvalue weighted by atomic mass is 19.4. The summed E-state index contributed by atoms with van der Waals surface area (Å²) < 4.78 is 45.5. The molecule has 3 nitrogen and oxygen atoms in total. The summed E-state index contributed by atoms with van der Waals surface area (Å²) in [5, 5.41) is 6.98. The van der Waals surface area contributed by atoms with Crippen LogP contribution < -0.4 is 15.4 Å². The van der Waals surface area contributed by atoms with Gasteiger partial charge in [0, 0.05) is 18.8 Å². The van der Waals surface area contributed by atoms with Crippen LogP contribution in [0.4, 0.5) is 13.2 Å². The molecule has 0 aromatic heterocycles. The van der Waals surface area contributed by atoms with Crippen molar-refractivity contribution in [1.29, 1.82) is 0 Å². The Morgan fingerprint density at radius 2 is 1.56 bits per heavy atom. The van der Waals surface area contributed by atoms with Crippen molar-refractivity contribution in [1.82, 2.24) is 10.6 Å². The van der Waals surface area contributed by atoms with Crippen molar-refractivity contribution in [2.45, 2.75) is 71.3 Å². The topological polar surface area (TPSA) is 33.3 Å². The maximum Gasteiger partial charge on any atom is 0.416 e. The van der Waals surface area contributed by atoms with E-state index in [0.29, 0.717) is 18.8 Å². The van der Waals surface area contributed by atoms with Crippen LogP contribution in [-0.4, -0.2) is 13.2 Å². The number of hydrogen-bond donors (Lipinski definition) is 2. The van der Waals surface area contributed by atoms with Gasteiger partial charge in [0.25, 0.3) is 0 Å². The highest BCUT2D eigenvalue weighted by Gasteiger charge is 2.30. The summed E-state index contributed by atoms with van der Waals surface area (Å²) in [5.74, 6) is 1.36. The van der Waals surface area contributed by atoms with E-state index in [9.17, 15) is 13.2 Å². The van der Waals surface area contributed by atoms with Gasteiger partial charge in [-0.25, -0.2) is 0 Å². The van der Waals surface area contributed by atoms with Gasteiger partial charge < -0.3 is 10.1 Å². The van der Waals surface area contributed by atoms with Crippen LogP contribution in [0.5, 0.6) is 5.75 Å². The molecule has 2 atom stereocenters.